The van der Waals surface area contributed by atoms with Gasteiger partial charge in [0, 0.05) is 17.3 Å². The summed E-state index contributed by atoms with van der Waals surface area (Å²) < 4.78 is 7.12. The molecule has 0 fully saturated rings. The zero-order chi connectivity index (χ0) is 21.5. The van der Waals surface area contributed by atoms with E-state index < -0.39 is 17.4 Å². The number of nitro benzene ring substituents is 1. The largest absolute Gasteiger partial charge is 0.477 e. The summed E-state index contributed by atoms with van der Waals surface area (Å²) in [5, 5.41) is 19.5. The van der Waals surface area contributed by atoms with E-state index in [9.17, 15) is 14.9 Å². The van der Waals surface area contributed by atoms with Gasteiger partial charge in [0.15, 0.2) is 12.4 Å². The molecular formula is C21H21N5O4. The number of nitrogens with one attached hydrogen (secondary N) is 1. The number of rotatable bonds is 8. The van der Waals surface area contributed by atoms with E-state index in [1.807, 2.05) is 48.9 Å². The number of para-hydroxylation sites is 2. The monoisotopic (exact) mass is 407 g/mol. The third kappa shape index (κ3) is 5.07. The third-order valence-corrected chi connectivity index (χ3v) is 4.42. The highest BCUT2D eigenvalue weighted by Crippen LogP contribution is 2.25. The molecule has 2 aromatic carbocycles. The van der Waals surface area contributed by atoms with Crippen LogP contribution in [-0.2, 0) is 11.3 Å². The Bertz CT molecular complexity index is 1080. The molecular weight excluding hydrogens is 386 g/mol. The lowest BCUT2D eigenvalue weighted by atomic mass is 10.2. The number of aromatic nitrogens is 2. The molecule has 0 bridgehead atoms. The average Bonchev–Trinajstić information content (AvgIpc) is 3.00. The van der Waals surface area contributed by atoms with Gasteiger partial charge in [0.05, 0.1) is 23.4 Å². The molecule has 0 radical (unpaired) electrons. The lowest BCUT2D eigenvalue weighted by Crippen LogP contribution is -2.24. The van der Waals surface area contributed by atoms with Crippen LogP contribution in [-0.4, -0.2) is 33.4 Å². The van der Waals surface area contributed by atoms with Crippen LogP contribution in [0.15, 0.2) is 59.7 Å². The van der Waals surface area contributed by atoms with Crippen molar-refractivity contribution in [2.45, 2.75) is 20.4 Å². The predicted molar refractivity (Wildman–Crippen MR) is 112 cm³/mol. The maximum atomic E-state index is 12.0. The van der Waals surface area contributed by atoms with Crippen LogP contribution in [0.1, 0.15) is 22.5 Å². The summed E-state index contributed by atoms with van der Waals surface area (Å²) in [5.74, 6) is -0.508. The van der Waals surface area contributed by atoms with Crippen LogP contribution >= 0.6 is 0 Å². The smallest absolute Gasteiger partial charge is 0.310 e. The van der Waals surface area contributed by atoms with Crippen molar-refractivity contribution in [1.29, 1.82) is 0 Å². The van der Waals surface area contributed by atoms with Crippen molar-refractivity contribution in [2.24, 2.45) is 5.10 Å². The maximum Gasteiger partial charge on any atom is 0.310 e. The standard InChI is InChI=1S/C21H21N5O4/c1-15-18(16(2)25(24-15)13-17-8-4-3-5-9-17)12-22-23-21(27)14-30-20-11-7-6-10-19(20)26(28)29/h3-12H,13-14H2,1-2H3,(H,23,27)/b22-12-. The van der Waals surface area contributed by atoms with E-state index in [0.29, 0.717) is 6.54 Å². The lowest BCUT2D eigenvalue weighted by molar-refractivity contribution is -0.385. The van der Waals surface area contributed by atoms with Crippen molar-refractivity contribution in [2.75, 3.05) is 6.61 Å². The van der Waals surface area contributed by atoms with Gasteiger partial charge in [-0.25, -0.2) is 5.43 Å². The fraction of sp³-hybridized carbons (Fsp3) is 0.190. The highest BCUT2D eigenvalue weighted by Gasteiger charge is 2.15. The molecule has 3 aromatic rings. The summed E-state index contributed by atoms with van der Waals surface area (Å²) in [6.45, 7) is 4.05. The van der Waals surface area contributed by atoms with Gasteiger partial charge in [0.1, 0.15) is 0 Å². The number of hydrogen-bond donors (Lipinski definition) is 1. The van der Waals surface area contributed by atoms with Crippen molar-refractivity contribution in [3.05, 3.63) is 87.2 Å². The van der Waals surface area contributed by atoms with Gasteiger partial charge < -0.3 is 4.74 Å². The molecule has 1 heterocycles. The van der Waals surface area contributed by atoms with Crippen LogP contribution in [0.25, 0.3) is 0 Å². The van der Waals surface area contributed by atoms with Crippen LogP contribution in [0.3, 0.4) is 0 Å². The molecule has 9 heteroatoms. The molecule has 154 valence electrons. The summed E-state index contributed by atoms with van der Waals surface area (Å²) in [7, 11) is 0. The van der Waals surface area contributed by atoms with Crippen LogP contribution in [0, 0.1) is 24.0 Å². The molecule has 0 unspecified atom stereocenters. The molecule has 0 spiro atoms. The molecule has 1 N–H and O–H groups in total. The van der Waals surface area contributed by atoms with Crippen LogP contribution in [0.4, 0.5) is 5.69 Å². The van der Waals surface area contributed by atoms with Crippen molar-refractivity contribution >= 4 is 17.8 Å². The first kappa shape index (κ1) is 20.7. The normalized spacial score (nSPS) is 10.9. The van der Waals surface area contributed by atoms with Crippen LogP contribution < -0.4 is 10.2 Å². The summed E-state index contributed by atoms with van der Waals surface area (Å²) in [5.41, 5.74) is 5.81. The Labute approximate surface area is 173 Å². The summed E-state index contributed by atoms with van der Waals surface area (Å²) in [4.78, 5) is 22.4. The minimum absolute atomic E-state index is 0.0236. The second kappa shape index (κ2) is 9.46. The van der Waals surface area contributed by atoms with E-state index in [1.165, 1.54) is 24.4 Å². The van der Waals surface area contributed by atoms with Crippen molar-refractivity contribution in [3.63, 3.8) is 0 Å². The van der Waals surface area contributed by atoms with E-state index in [4.69, 9.17) is 4.74 Å². The minimum Gasteiger partial charge on any atom is -0.477 e. The maximum absolute atomic E-state index is 12.0. The van der Waals surface area contributed by atoms with E-state index in [-0.39, 0.29) is 11.4 Å². The third-order valence-electron chi connectivity index (χ3n) is 4.42. The number of benzene rings is 2. The Balaban J connectivity index is 1.59. The summed E-state index contributed by atoms with van der Waals surface area (Å²) >= 11 is 0. The topological polar surface area (TPSA) is 112 Å². The molecule has 0 atom stereocenters. The van der Waals surface area contributed by atoms with E-state index in [2.05, 4.69) is 15.6 Å². The van der Waals surface area contributed by atoms with E-state index >= 15 is 0 Å². The first-order chi connectivity index (χ1) is 14.5. The first-order valence-corrected chi connectivity index (χ1v) is 9.21. The van der Waals surface area contributed by atoms with Gasteiger partial charge in [0.25, 0.3) is 5.91 Å². The van der Waals surface area contributed by atoms with Crippen molar-refractivity contribution < 1.29 is 14.5 Å². The number of hydrazone groups is 1. The fourth-order valence-corrected chi connectivity index (χ4v) is 2.88. The number of carbonyl (C=O) groups is 1. The van der Waals surface area contributed by atoms with E-state index in [1.54, 1.807) is 6.07 Å². The van der Waals surface area contributed by atoms with Gasteiger partial charge in [-0.1, -0.05) is 42.5 Å². The Morgan fingerprint density at radius 2 is 1.90 bits per heavy atom. The van der Waals surface area contributed by atoms with Gasteiger partial charge in [0.2, 0.25) is 0 Å². The average molecular weight is 407 g/mol. The number of hydrogen-bond acceptors (Lipinski definition) is 6. The molecule has 0 saturated heterocycles. The molecule has 0 aliphatic rings. The van der Waals surface area contributed by atoms with E-state index in [0.717, 1.165) is 22.5 Å². The lowest BCUT2D eigenvalue weighted by Gasteiger charge is -2.05. The number of nitrogens with zero attached hydrogens (tertiary/aromatic N) is 4. The van der Waals surface area contributed by atoms with Gasteiger partial charge >= 0.3 is 5.69 Å². The Morgan fingerprint density at radius 3 is 2.63 bits per heavy atom. The highest BCUT2D eigenvalue weighted by atomic mass is 16.6. The Morgan fingerprint density at radius 1 is 1.20 bits per heavy atom. The SMILES string of the molecule is Cc1nn(Cc2ccccc2)c(C)c1/C=N\NC(=O)COc1ccccc1[N+](=O)[O-]. The molecule has 1 amide bonds. The number of carbonyl (C=O) groups excluding carboxylic acids is 1. The zero-order valence-corrected chi connectivity index (χ0v) is 16.6. The van der Waals surface area contributed by atoms with Gasteiger partial charge in [-0.05, 0) is 25.5 Å². The highest BCUT2D eigenvalue weighted by molar-refractivity contribution is 5.84. The first-order valence-electron chi connectivity index (χ1n) is 9.21. The predicted octanol–water partition coefficient (Wildman–Crippen LogP) is 2.99. The zero-order valence-electron chi connectivity index (χ0n) is 16.6. The fourth-order valence-electron chi connectivity index (χ4n) is 2.88. The van der Waals surface area contributed by atoms with Crippen molar-refractivity contribution in [1.82, 2.24) is 15.2 Å². The van der Waals surface area contributed by atoms with Crippen molar-refractivity contribution in [3.8, 4) is 5.75 Å². The molecule has 1 aromatic heterocycles. The Hall–Kier alpha value is -4.01. The number of aryl methyl sites for hydroxylation is 1. The van der Waals surface area contributed by atoms with Crippen LogP contribution in [0.5, 0.6) is 5.75 Å². The summed E-state index contributed by atoms with van der Waals surface area (Å²) in [6, 6.07) is 15.8. The minimum atomic E-state index is -0.565. The molecule has 0 saturated carbocycles. The van der Waals surface area contributed by atoms with Crippen LogP contribution in [0.2, 0.25) is 0 Å². The van der Waals surface area contributed by atoms with Gasteiger partial charge in [-0.2, -0.15) is 10.2 Å². The number of ether oxygens (including phenoxy) is 1. The second-order valence-corrected chi connectivity index (χ2v) is 6.53. The Kier molecular flexibility index (Phi) is 6.53. The molecule has 0 aliphatic heterocycles. The molecule has 9 nitrogen and oxygen atoms in total. The molecule has 3 rings (SSSR count). The van der Waals surface area contributed by atoms with Gasteiger partial charge in [-0.3, -0.25) is 19.6 Å². The summed E-state index contributed by atoms with van der Waals surface area (Å²) in [6.07, 6.45) is 1.53. The number of nitro groups is 1. The second-order valence-electron chi connectivity index (χ2n) is 6.53. The number of amides is 1. The quantitative estimate of drug-likeness (QED) is 0.350. The van der Waals surface area contributed by atoms with Gasteiger partial charge in [-0.15, -0.1) is 0 Å². The molecule has 30 heavy (non-hydrogen) atoms. The molecule has 0 aliphatic carbocycles.